The lowest BCUT2D eigenvalue weighted by atomic mass is 10.0. The predicted octanol–water partition coefficient (Wildman–Crippen LogP) is 0.610. The van der Waals surface area contributed by atoms with E-state index < -0.39 is 0 Å². The van der Waals surface area contributed by atoms with Crippen molar-refractivity contribution in [3.63, 3.8) is 0 Å². The van der Waals surface area contributed by atoms with E-state index in [4.69, 9.17) is 4.52 Å². The van der Waals surface area contributed by atoms with Crippen LogP contribution in [0.2, 0.25) is 0 Å². The lowest BCUT2D eigenvalue weighted by Crippen LogP contribution is -2.52. The van der Waals surface area contributed by atoms with Crippen LogP contribution in [0.25, 0.3) is 11.6 Å². The zero-order valence-electron chi connectivity index (χ0n) is 12.1. The van der Waals surface area contributed by atoms with Crippen LogP contribution in [0, 0.1) is 0 Å². The minimum absolute atomic E-state index is 0.234. The number of piperazine rings is 1. The van der Waals surface area contributed by atoms with Crippen LogP contribution in [-0.4, -0.2) is 50.8 Å². The van der Waals surface area contributed by atoms with Crippen LogP contribution in [0.5, 0.6) is 0 Å². The summed E-state index contributed by atoms with van der Waals surface area (Å²) in [7, 11) is 1.91. The second-order valence-electron chi connectivity index (χ2n) is 5.61. The van der Waals surface area contributed by atoms with Gasteiger partial charge in [0.1, 0.15) is 5.69 Å². The van der Waals surface area contributed by atoms with Gasteiger partial charge in [-0.25, -0.2) is 4.98 Å². The summed E-state index contributed by atoms with van der Waals surface area (Å²) in [5.74, 6) is 1.24. The smallest absolute Gasteiger partial charge is 0.276 e. The Bertz CT molecular complexity index is 581. The van der Waals surface area contributed by atoms with Crippen LogP contribution in [0.3, 0.4) is 0 Å². The van der Waals surface area contributed by atoms with E-state index in [-0.39, 0.29) is 5.54 Å². The van der Waals surface area contributed by atoms with Crippen molar-refractivity contribution < 1.29 is 4.52 Å². The molecule has 0 radical (unpaired) electrons. The largest absolute Gasteiger partial charge is 0.332 e. The average molecular weight is 276 g/mol. The molecule has 1 aliphatic rings. The fraction of sp³-hybridized carbons (Fsp3) is 0.615. The second-order valence-corrected chi connectivity index (χ2v) is 5.61. The van der Waals surface area contributed by atoms with Gasteiger partial charge >= 0.3 is 0 Å². The fourth-order valence-corrected chi connectivity index (χ4v) is 2.50. The van der Waals surface area contributed by atoms with Crippen molar-refractivity contribution in [2.75, 3.05) is 26.2 Å². The lowest BCUT2D eigenvalue weighted by Gasteiger charge is -2.38. The van der Waals surface area contributed by atoms with Crippen LogP contribution in [0.15, 0.2) is 17.0 Å². The van der Waals surface area contributed by atoms with Gasteiger partial charge in [0.25, 0.3) is 5.89 Å². The number of nitrogens with one attached hydrogen (secondary N) is 1. The van der Waals surface area contributed by atoms with Gasteiger partial charge in [-0.2, -0.15) is 4.98 Å². The highest BCUT2D eigenvalue weighted by molar-refractivity contribution is 5.45. The topological polar surface area (TPSA) is 72.0 Å². The van der Waals surface area contributed by atoms with E-state index in [2.05, 4.69) is 39.2 Å². The van der Waals surface area contributed by atoms with Gasteiger partial charge in [-0.1, -0.05) is 5.16 Å². The first kappa shape index (κ1) is 13.3. The molecule has 0 bridgehead atoms. The van der Waals surface area contributed by atoms with Crippen molar-refractivity contribution in [1.29, 1.82) is 0 Å². The number of aryl methyl sites for hydroxylation is 1. The van der Waals surface area contributed by atoms with E-state index in [1.165, 1.54) is 0 Å². The number of hydrogen-bond donors (Lipinski definition) is 1. The Morgan fingerprint density at radius 2 is 2.05 bits per heavy atom. The van der Waals surface area contributed by atoms with Crippen LogP contribution in [0.4, 0.5) is 0 Å². The van der Waals surface area contributed by atoms with E-state index in [1.807, 2.05) is 11.6 Å². The first-order valence-corrected chi connectivity index (χ1v) is 6.85. The SMILES string of the molecule is Cn1cncc1-c1nc(C(C)(C)N2CCNCC2)no1. The van der Waals surface area contributed by atoms with Crippen LogP contribution < -0.4 is 5.32 Å². The molecule has 1 fully saturated rings. The van der Waals surface area contributed by atoms with Crippen molar-refractivity contribution in [1.82, 2.24) is 29.9 Å². The Labute approximate surface area is 118 Å². The summed E-state index contributed by atoms with van der Waals surface area (Å²) in [5.41, 5.74) is 0.600. The maximum Gasteiger partial charge on any atom is 0.276 e. The van der Waals surface area contributed by atoms with Crippen molar-refractivity contribution in [3.8, 4) is 11.6 Å². The third-order valence-electron chi connectivity index (χ3n) is 3.92. The predicted molar refractivity (Wildman–Crippen MR) is 74.0 cm³/mol. The molecule has 1 N–H and O–H groups in total. The molecule has 0 saturated carbocycles. The highest BCUT2D eigenvalue weighted by atomic mass is 16.5. The molecule has 2 aromatic heterocycles. The molecule has 3 rings (SSSR count). The monoisotopic (exact) mass is 276 g/mol. The second kappa shape index (κ2) is 4.99. The number of rotatable bonds is 3. The van der Waals surface area contributed by atoms with Gasteiger partial charge in [-0.3, -0.25) is 4.90 Å². The zero-order chi connectivity index (χ0) is 14.2. The Morgan fingerprint density at radius 1 is 1.30 bits per heavy atom. The molecule has 3 heterocycles. The molecule has 0 spiro atoms. The first-order chi connectivity index (χ1) is 9.59. The number of nitrogens with zero attached hydrogens (tertiary/aromatic N) is 5. The molecule has 0 amide bonds. The molecular weight excluding hydrogens is 256 g/mol. The van der Waals surface area contributed by atoms with Crippen LogP contribution >= 0.6 is 0 Å². The highest BCUT2D eigenvalue weighted by Crippen LogP contribution is 2.27. The standard InChI is InChI=1S/C13H20N6O/c1-13(2,19-6-4-14-5-7-19)12-16-11(20-17-12)10-8-15-9-18(10)3/h8-9,14H,4-7H2,1-3H3. The zero-order valence-corrected chi connectivity index (χ0v) is 12.1. The summed E-state index contributed by atoms with van der Waals surface area (Å²) in [4.78, 5) is 11.0. The minimum Gasteiger partial charge on any atom is -0.332 e. The van der Waals surface area contributed by atoms with E-state index in [0.29, 0.717) is 5.89 Å². The third-order valence-corrected chi connectivity index (χ3v) is 3.92. The van der Waals surface area contributed by atoms with Gasteiger partial charge in [0.15, 0.2) is 5.82 Å². The maximum atomic E-state index is 5.40. The molecule has 2 aromatic rings. The molecule has 0 aliphatic carbocycles. The van der Waals surface area contributed by atoms with Gasteiger partial charge in [0, 0.05) is 33.2 Å². The molecule has 0 unspecified atom stereocenters. The van der Waals surface area contributed by atoms with E-state index in [9.17, 15) is 0 Å². The van der Waals surface area contributed by atoms with Crippen molar-refractivity contribution in [2.45, 2.75) is 19.4 Å². The summed E-state index contributed by atoms with van der Waals surface area (Å²) in [6.07, 6.45) is 3.45. The summed E-state index contributed by atoms with van der Waals surface area (Å²) in [5, 5.41) is 7.53. The maximum absolute atomic E-state index is 5.40. The van der Waals surface area contributed by atoms with Crippen molar-refractivity contribution in [2.24, 2.45) is 7.05 Å². The van der Waals surface area contributed by atoms with Crippen molar-refractivity contribution >= 4 is 0 Å². The van der Waals surface area contributed by atoms with E-state index in [0.717, 1.165) is 37.7 Å². The summed E-state index contributed by atoms with van der Waals surface area (Å²) in [6, 6.07) is 0. The summed E-state index contributed by atoms with van der Waals surface area (Å²) in [6.45, 7) is 8.24. The summed E-state index contributed by atoms with van der Waals surface area (Å²) < 4.78 is 7.27. The molecular formula is C13H20N6O. The van der Waals surface area contributed by atoms with Crippen molar-refractivity contribution in [3.05, 3.63) is 18.3 Å². The Balaban J connectivity index is 1.87. The first-order valence-electron chi connectivity index (χ1n) is 6.85. The van der Waals surface area contributed by atoms with Gasteiger partial charge in [0.2, 0.25) is 0 Å². The number of aromatic nitrogens is 4. The van der Waals surface area contributed by atoms with E-state index in [1.54, 1.807) is 12.5 Å². The van der Waals surface area contributed by atoms with E-state index >= 15 is 0 Å². The number of hydrogen-bond acceptors (Lipinski definition) is 6. The highest BCUT2D eigenvalue weighted by Gasteiger charge is 2.34. The fourth-order valence-electron chi connectivity index (χ4n) is 2.50. The Hall–Kier alpha value is -1.73. The lowest BCUT2D eigenvalue weighted by molar-refractivity contribution is 0.0925. The average Bonchev–Trinajstić information content (AvgIpc) is 3.08. The number of imidazole rings is 1. The molecule has 108 valence electrons. The molecule has 7 heteroatoms. The quantitative estimate of drug-likeness (QED) is 0.885. The van der Waals surface area contributed by atoms with Gasteiger partial charge < -0.3 is 14.4 Å². The summed E-state index contributed by atoms with van der Waals surface area (Å²) >= 11 is 0. The van der Waals surface area contributed by atoms with Crippen LogP contribution in [-0.2, 0) is 12.6 Å². The van der Waals surface area contributed by atoms with Gasteiger partial charge in [-0.05, 0) is 13.8 Å². The molecule has 0 aromatic carbocycles. The Morgan fingerprint density at radius 3 is 2.70 bits per heavy atom. The van der Waals surface area contributed by atoms with Gasteiger partial charge in [0.05, 0.1) is 18.1 Å². The van der Waals surface area contributed by atoms with Gasteiger partial charge in [-0.15, -0.1) is 0 Å². The normalized spacial score (nSPS) is 17.6. The molecule has 20 heavy (non-hydrogen) atoms. The molecule has 1 aliphatic heterocycles. The molecule has 0 atom stereocenters. The Kier molecular flexibility index (Phi) is 3.31. The molecule has 1 saturated heterocycles. The van der Waals surface area contributed by atoms with Crippen LogP contribution in [0.1, 0.15) is 19.7 Å². The molecule has 7 nitrogen and oxygen atoms in total. The third kappa shape index (κ3) is 2.23. The minimum atomic E-state index is -0.234.